The highest BCUT2D eigenvalue weighted by molar-refractivity contribution is 5.25. The van der Waals surface area contributed by atoms with E-state index in [1.165, 1.54) is 11.1 Å². The fraction of sp³-hybridized carbons (Fsp3) is 0.462. The van der Waals surface area contributed by atoms with Crippen molar-refractivity contribution in [3.63, 3.8) is 0 Å². The molecule has 1 atom stereocenters. The first-order valence-electron chi connectivity index (χ1n) is 10.5. The van der Waals surface area contributed by atoms with E-state index >= 15 is 0 Å². The Hall–Kier alpha value is -1.90. The molecule has 0 radical (unpaired) electrons. The molecule has 2 heteroatoms. The predicted octanol–water partition coefficient (Wildman–Crippen LogP) is 5.67. The Morgan fingerprint density at radius 2 is 1.54 bits per heavy atom. The van der Waals surface area contributed by atoms with Crippen LogP contribution in [0.1, 0.15) is 58.1 Å². The molecule has 0 amide bonds. The van der Waals surface area contributed by atoms with Gasteiger partial charge in [0.15, 0.2) is 0 Å². The summed E-state index contributed by atoms with van der Waals surface area (Å²) in [6.45, 7) is 10.9. The summed E-state index contributed by atoms with van der Waals surface area (Å²) in [7, 11) is 0. The van der Waals surface area contributed by atoms with Crippen LogP contribution in [0.3, 0.4) is 0 Å². The van der Waals surface area contributed by atoms with Gasteiger partial charge in [-0.15, -0.1) is 0 Å². The summed E-state index contributed by atoms with van der Waals surface area (Å²) in [5.74, 6) is 0. The third kappa shape index (κ3) is 4.92. The van der Waals surface area contributed by atoms with E-state index in [-0.39, 0.29) is 5.41 Å². The third-order valence-corrected chi connectivity index (χ3v) is 6.21. The number of hydrogen-bond donors (Lipinski definition) is 1. The van der Waals surface area contributed by atoms with Crippen molar-refractivity contribution < 1.29 is 5.11 Å². The van der Waals surface area contributed by atoms with E-state index < -0.39 is 5.60 Å². The van der Waals surface area contributed by atoms with Gasteiger partial charge in [0, 0.05) is 19.1 Å². The number of nitrogens with zero attached hydrogens (tertiary/aromatic N) is 1. The molecule has 1 aliphatic heterocycles. The van der Waals surface area contributed by atoms with E-state index in [1.54, 1.807) is 0 Å². The fourth-order valence-electron chi connectivity index (χ4n) is 4.47. The second-order valence-electron chi connectivity index (χ2n) is 9.20. The average Bonchev–Trinajstić information content (AvgIpc) is 2.69. The summed E-state index contributed by atoms with van der Waals surface area (Å²) >= 11 is 0. The van der Waals surface area contributed by atoms with Crippen LogP contribution in [0, 0.1) is 0 Å². The van der Waals surface area contributed by atoms with Crippen LogP contribution in [0.5, 0.6) is 0 Å². The molecule has 150 valence electrons. The van der Waals surface area contributed by atoms with E-state index in [0.29, 0.717) is 6.04 Å². The molecule has 0 saturated carbocycles. The summed E-state index contributed by atoms with van der Waals surface area (Å²) in [6, 6.07) is 21.4. The van der Waals surface area contributed by atoms with Crippen LogP contribution in [0.4, 0.5) is 0 Å². The quantitative estimate of drug-likeness (QED) is 0.655. The van der Waals surface area contributed by atoms with E-state index in [2.05, 4.69) is 81.1 Å². The van der Waals surface area contributed by atoms with E-state index in [1.807, 2.05) is 18.2 Å². The normalized spacial score (nSPS) is 18.5. The molecular weight excluding hydrogens is 342 g/mol. The number of benzene rings is 2. The van der Waals surface area contributed by atoms with Gasteiger partial charge < -0.3 is 5.11 Å². The van der Waals surface area contributed by atoms with Crippen molar-refractivity contribution in [2.45, 2.75) is 64.0 Å². The van der Waals surface area contributed by atoms with Gasteiger partial charge in [-0.2, -0.15) is 0 Å². The Bertz CT molecular complexity index is 767. The van der Waals surface area contributed by atoms with Gasteiger partial charge in [0.1, 0.15) is 0 Å². The number of hydrogen-bond acceptors (Lipinski definition) is 2. The molecule has 0 spiro atoms. The summed E-state index contributed by atoms with van der Waals surface area (Å²) in [4.78, 5) is 2.56. The van der Waals surface area contributed by atoms with Gasteiger partial charge in [-0.1, -0.05) is 86.2 Å². The average molecular weight is 378 g/mol. The fourth-order valence-corrected chi connectivity index (χ4v) is 4.47. The Morgan fingerprint density at radius 1 is 1.00 bits per heavy atom. The minimum absolute atomic E-state index is 0.102. The van der Waals surface area contributed by atoms with Gasteiger partial charge in [0.25, 0.3) is 0 Å². The van der Waals surface area contributed by atoms with Crippen molar-refractivity contribution in [2.75, 3.05) is 13.1 Å². The van der Waals surface area contributed by atoms with Crippen molar-refractivity contribution >= 4 is 0 Å². The molecule has 0 bridgehead atoms. The number of rotatable bonds is 6. The van der Waals surface area contributed by atoms with Crippen LogP contribution in [0.25, 0.3) is 0 Å². The van der Waals surface area contributed by atoms with Crippen molar-refractivity contribution in [2.24, 2.45) is 0 Å². The van der Waals surface area contributed by atoms with Crippen molar-refractivity contribution in [3.05, 3.63) is 83.4 Å². The molecule has 28 heavy (non-hydrogen) atoms. The smallest absolute Gasteiger partial charge is 0.0920 e. The molecule has 3 rings (SSSR count). The van der Waals surface area contributed by atoms with Crippen LogP contribution in [0.2, 0.25) is 0 Å². The summed E-state index contributed by atoms with van der Waals surface area (Å²) < 4.78 is 0. The maximum Gasteiger partial charge on any atom is 0.0920 e. The predicted molar refractivity (Wildman–Crippen MR) is 118 cm³/mol. The van der Waals surface area contributed by atoms with Crippen LogP contribution in [-0.2, 0) is 11.0 Å². The van der Waals surface area contributed by atoms with Crippen LogP contribution in [-0.4, -0.2) is 29.1 Å². The van der Waals surface area contributed by atoms with Crippen molar-refractivity contribution in [1.29, 1.82) is 0 Å². The van der Waals surface area contributed by atoms with Gasteiger partial charge >= 0.3 is 0 Å². The zero-order valence-electron chi connectivity index (χ0n) is 17.9. The summed E-state index contributed by atoms with van der Waals surface area (Å²) in [5.41, 5.74) is 3.21. The molecular formula is C26H35NO. The van der Waals surface area contributed by atoms with E-state index in [4.69, 9.17) is 0 Å². The highest BCUT2D eigenvalue weighted by Crippen LogP contribution is 2.36. The lowest BCUT2D eigenvalue weighted by Gasteiger charge is -2.43. The zero-order chi connectivity index (χ0) is 20.2. The van der Waals surface area contributed by atoms with Gasteiger partial charge in [-0.05, 0) is 49.7 Å². The summed E-state index contributed by atoms with van der Waals surface area (Å²) in [5, 5.41) is 11.2. The van der Waals surface area contributed by atoms with Gasteiger partial charge in [0.2, 0.25) is 0 Å². The lowest BCUT2D eigenvalue weighted by atomic mass is 9.77. The molecule has 1 aliphatic rings. The number of allylic oxidation sites excluding steroid dienone is 1. The molecule has 2 nitrogen and oxygen atoms in total. The highest BCUT2D eigenvalue weighted by Gasteiger charge is 2.37. The second-order valence-corrected chi connectivity index (χ2v) is 9.20. The minimum Gasteiger partial charge on any atom is -0.385 e. The Kier molecular flexibility index (Phi) is 6.42. The Balaban J connectivity index is 1.74. The van der Waals surface area contributed by atoms with E-state index in [0.717, 1.165) is 37.9 Å². The third-order valence-electron chi connectivity index (χ3n) is 6.21. The lowest BCUT2D eigenvalue weighted by molar-refractivity contribution is -0.0334. The van der Waals surface area contributed by atoms with Gasteiger partial charge in [0.05, 0.1) is 5.60 Å². The number of likely N-dealkylation sites (tertiary alicyclic amines) is 1. The topological polar surface area (TPSA) is 23.5 Å². The molecule has 1 heterocycles. The van der Waals surface area contributed by atoms with Crippen LogP contribution in [0.15, 0.2) is 72.3 Å². The SMILES string of the molecule is CC(C)=CC(CC(C)(C)c1ccccc1)N1CCC(O)(c2ccccc2)CC1. The first kappa shape index (κ1) is 20.8. The maximum atomic E-state index is 11.2. The number of piperidine rings is 1. The molecule has 1 N–H and O–H groups in total. The molecule has 2 aromatic rings. The maximum absolute atomic E-state index is 11.2. The van der Waals surface area contributed by atoms with Crippen LogP contribution >= 0.6 is 0 Å². The summed E-state index contributed by atoms with van der Waals surface area (Å²) in [6.07, 6.45) is 5.06. The molecule has 0 aromatic heterocycles. The molecule has 2 aromatic carbocycles. The van der Waals surface area contributed by atoms with E-state index in [9.17, 15) is 5.11 Å². The standard InChI is InChI=1S/C26H35NO/c1-21(2)19-24(20-25(3,4)22-11-7-5-8-12-22)27-17-15-26(28,16-18-27)23-13-9-6-10-14-23/h5-14,19,24,28H,15-18,20H2,1-4H3. The van der Waals surface area contributed by atoms with Crippen LogP contribution < -0.4 is 0 Å². The first-order chi connectivity index (χ1) is 13.3. The Labute approximate surface area is 170 Å². The zero-order valence-corrected chi connectivity index (χ0v) is 17.9. The molecule has 0 aliphatic carbocycles. The van der Waals surface area contributed by atoms with Crippen molar-refractivity contribution in [3.8, 4) is 0 Å². The highest BCUT2D eigenvalue weighted by atomic mass is 16.3. The Morgan fingerprint density at radius 3 is 2.07 bits per heavy atom. The first-order valence-corrected chi connectivity index (χ1v) is 10.5. The second kappa shape index (κ2) is 8.63. The van der Waals surface area contributed by atoms with Gasteiger partial charge in [-0.25, -0.2) is 0 Å². The van der Waals surface area contributed by atoms with Gasteiger partial charge in [-0.3, -0.25) is 4.90 Å². The van der Waals surface area contributed by atoms with Crippen molar-refractivity contribution in [1.82, 2.24) is 4.90 Å². The largest absolute Gasteiger partial charge is 0.385 e. The molecule has 1 saturated heterocycles. The monoisotopic (exact) mass is 377 g/mol. The molecule has 1 fully saturated rings. The minimum atomic E-state index is -0.692. The number of aliphatic hydroxyl groups is 1. The molecule has 1 unspecified atom stereocenters. The lowest BCUT2D eigenvalue weighted by Crippen LogP contribution is -2.48.